The Morgan fingerprint density at radius 3 is 2.53 bits per heavy atom. The van der Waals surface area contributed by atoms with Gasteiger partial charge in [0.2, 0.25) is 5.56 Å². The average Bonchev–Trinajstić information content (AvgIpc) is 3.18. The molecule has 3 fully saturated rings. The minimum Gasteiger partial charge on any atom is -0.495 e. The van der Waals surface area contributed by atoms with Crippen LogP contribution in [0.3, 0.4) is 0 Å². The molecule has 6 rings (SSSR count). The number of allylic oxidation sites excluding steroid dienone is 1. The van der Waals surface area contributed by atoms with Crippen molar-refractivity contribution in [1.82, 2.24) is 4.98 Å². The number of fused-ring (bicyclic) bond motifs is 6. The van der Waals surface area contributed by atoms with Crippen LogP contribution in [0.1, 0.15) is 77.7 Å². The smallest absolute Gasteiger partial charge is 0.302 e. The highest BCUT2D eigenvalue weighted by Crippen LogP contribution is 2.64. The van der Waals surface area contributed by atoms with Gasteiger partial charge in [-0.25, -0.2) is 0 Å². The summed E-state index contributed by atoms with van der Waals surface area (Å²) in [6.07, 6.45) is 10.8. The number of pyridine rings is 1. The second-order valence-corrected chi connectivity index (χ2v) is 12.4. The van der Waals surface area contributed by atoms with Crippen LogP contribution in [0.15, 0.2) is 40.7 Å². The van der Waals surface area contributed by atoms with Gasteiger partial charge in [-0.3, -0.25) is 14.4 Å². The van der Waals surface area contributed by atoms with E-state index in [1.807, 2.05) is 25.1 Å². The van der Waals surface area contributed by atoms with Crippen LogP contribution in [0.2, 0.25) is 0 Å². The van der Waals surface area contributed by atoms with E-state index in [1.54, 1.807) is 13.2 Å². The van der Waals surface area contributed by atoms with Crippen LogP contribution in [0.25, 0.3) is 10.9 Å². The Bertz CT molecular complexity index is 1340. The number of ether oxygens (including phenoxy) is 2. The number of aryl methyl sites for hydroxylation is 1. The molecule has 1 aromatic carbocycles. The number of rotatable bonds is 2. The molecule has 1 N–H and O–H groups in total. The Kier molecular flexibility index (Phi) is 7.04. The summed E-state index contributed by atoms with van der Waals surface area (Å²) in [6.45, 7) is 8.11. The van der Waals surface area contributed by atoms with E-state index in [9.17, 15) is 14.4 Å². The largest absolute Gasteiger partial charge is 0.495 e. The monoisotopic (exact) mass is 519 g/mol. The first kappa shape index (κ1) is 26.7. The van der Waals surface area contributed by atoms with Crippen LogP contribution >= 0.6 is 0 Å². The predicted octanol–water partition coefficient (Wildman–Crippen LogP) is 6.30. The molecule has 6 unspecified atom stereocenters. The van der Waals surface area contributed by atoms with Gasteiger partial charge in [0.25, 0.3) is 0 Å². The van der Waals surface area contributed by atoms with E-state index in [2.05, 4.69) is 24.9 Å². The van der Waals surface area contributed by atoms with Gasteiger partial charge < -0.3 is 14.5 Å². The van der Waals surface area contributed by atoms with Gasteiger partial charge in [0.1, 0.15) is 17.6 Å². The van der Waals surface area contributed by atoms with Gasteiger partial charge in [-0.2, -0.15) is 0 Å². The minimum atomic E-state index is -0.157. The summed E-state index contributed by atoms with van der Waals surface area (Å²) in [5, 5.41) is 1.02. The van der Waals surface area contributed by atoms with E-state index in [4.69, 9.17) is 9.47 Å². The van der Waals surface area contributed by atoms with Crippen LogP contribution in [0, 0.1) is 35.5 Å². The number of aromatic amines is 1. The number of benzene rings is 1. The lowest BCUT2D eigenvalue weighted by Gasteiger charge is -2.56. The van der Waals surface area contributed by atoms with Crippen LogP contribution in [-0.4, -0.2) is 30.0 Å². The molecule has 38 heavy (non-hydrogen) atoms. The van der Waals surface area contributed by atoms with Crippen LogP contribution in [0.5, 0.6) is 5.75 Å². The molecular weight excluding hydrogens is 478 g/mol. The molecule has 2 aromatic rings. The first-order chi connectivity index (χ1) is 18.1. The molecule has 0 amide bonds. The molecule has 0 saturated heterocycles. The number of methoxy groups -OCH3 is 1. The highest BCUT2D eigenvalue weighted by molar-refractivity contribution is 5.87. The maximum absolute atomic E-state index is 12.4. The standard InChI is InChI=1S/C21H30O3.C11H11NO2/c1-13(22)24-15-8-10-20(2)14(12-15)4-5-16-17-6-7-19(23)21(17,3)11-9-18(16)20;1-7-6-10(13)12-11-8(7)4-3-5-9(11)14-2/h4,15-18H,5-12H2,1-3H3;3-6H,1-2H3,(H,12,13). The minimum absolute atomic E-state index is 0.0438. The molecule has 204 valence electrons. The third-order valence-electron chi connectivity index (χ3n) is 10.4. The van der Waals surface area contributed by atoms with Crippen molar-refractivity contribution in [1.29, 1.82) is 0 Å². The number of carbonyl (C=O) groups excluding carboxylic acids is 2. The quantitative estimate of drug-likeness (QED) is 0.372. The molecule has 4 aliphatic rings. The van der Waals surface area contributed by atoms with Gasteiger partial charge >= 0.3 is 5.97 Å². The molecule has 4 aliphatic carbocycles. The van der Waals surface area contributed by atoms with Crippen LogP contribution in [-0.2, 0) is 14.3 Å². The number of hydrogen-bond donors (Lipinski definition) is 1. The van der Waals surface area contributed by atoms with Gasteiger partial charge in [-0.1, -0.05) is 37.6 Å². The third kappa shape index (κ3) is 4.50. The second kappa shape index (κ2) is 10.0. The van der Waals surface area contributed by atoms with Crippen molar-refractivity contribution in [2.75, 3.05) is 7.11 Å². The zero-order chi connectivity index (χ0) is 27.2. The Morgan fingerprint density at radius 1 is 1.05 bits per heavy atom. The zero-order valence-corrected chi connectivity index (χ0v) is 23.4. The molecule has 1 aromatic heterocycles. The van der Waals surface area contributed by atoms with Crippen molar-refractivity contribution in [3.8, 4) is 5.75 Å². The first-order valence-corrected chi connectivity index (χ1v) is 14.1. The van der Waals surface area contributed by atoms with Crippen molar-refractivity contribution in [3.63, 3.8) is 0 Å². The maximum Gasteiger partial charge on any atom is 0.302 e. The number of nitrogens with one attached hydrogen (secondary N) is 1. The molecule has 0 bridgehead atoms. The Morgan fingerprint density at radius 2 is 1.79 bits per heavy atom. The summed E-state index contributed by atoms with van der Waals surface area (Å²) in [6, 6.07) is 7.29. The summed E-state index contributed by atoms with van der Waals surface area (Å²) in [7, 11) is 1.59. The van der Waals surface area contributed by atoms with E-state index in [-0.39, 0.29) is 28.5 Å². The topological polar surface area (TPSA) is 85.5 Å². The predicted molar refractivity (Wildman–Crippen MR) is 148 cm³/mol. The molecule has 3 saturated carbocycles. The zero-order valence-electron chi connectivity index (χ0n) is 23.4. The van der Waals surface area contributed by atoms with Crippen molar-refractivity contribution >= 4 is 22.7 Å². The van der Waals surface area contributed by atoms with E-state index in [0.717, 1.165) is 61.4 Å². The number of aromatic nitrogens is 1. The van der Waals surface area contributed by atoms with Crippen molar-refractivity contribution in [2.45, 2.75) is 85.2 Å². The molecule has 6 heteroatoms. The summed E-state index contributed by atoms with van der Waals surface area (Å²) in [4.78, 5) is 37.8. The van der Waals surface area contributed by atoms with Crippen molar-refractivity contribution < 1.29 is 19.1 Å². The number of H-pyrrole nitrogens is 1. The fourth-order valence-corrected chi connectivity index (χ4v) is 8.33. The van der Waals surface area contributed by atoms with E-state index in [1.165, 1.54) is 18.9 Å². The lowest BCUT2D eigenvalue weighted by Crippen LogP contribution is -2.50. The van der Waals surface area contributed by atoms with Crippen molar-refractivity contribution in [3.05, 3.63) is 51.8 Å². The number of esters is 1. The summed E-state index contributed by atoms with van der Waals surface area (Å²) >= 11 is 0. The SMILES string of the molecule is CC(=O)OC1CCC2(C)C(=CCC3C4CCC(=O)C4(C)CCC32)C1.COc1cccc2c(C)cc(=O)[nH]c12. The Labute approximate surface area is 225 Å². The van der Waals surface area contributed by atoms with Gasteiger partial charge in [0.15, 0.2) is 0 Å². The fourth-order valence-electron chi connectivity index (χ4n) is 8.33. The molecule has 0 radical (unpaired) electrons. The van der Waals surface area contributed by atoms with Gasteiger partial charge in [-0.05, 0) is 80.2 Å². The molecule has 0 spiro atoms. The fraction of sp³-hybridized carbons (Fsp3) is 0.594. The average molecular weight is 520 g/mol. The van der Waals surface area contributed by atoms with Crippen LogP contribution < -0.4 is 10.3 Å². The van der Waals surface area contributed by atoms with E-state index in [0.29, 0.717) is 29.3 Å². The lowest BCUT2D eigenvalue weighted by molar-refractivity contribution is -0.148. The Balaban J connectivity index is 0.000000179. The first-order valence-electron chi connectivity index (χ1n) is 14.1. The molecule has 1 heterocycles. The highest BCUT2D eigenvalue weighted by atomic mass is 16.5. The molecule has 0 aliphatic heterocycles. The van der Waals surface area contributed by atoms with E-state index < -0.39 is 0 Å². The number of para-hydroxylation sites is 1. The third-order valence-corrected chi connectivity index (χ3v) is 10.4. The van der Waals surface area contributed by atoms with Crippen LogP contribution in [0.4, 0.5) is 0 Å². The van der Waals surface area contributed by atoms with Crippen molar-refractivity contribution in [2.24, 2.45) is 28.6 Å². The number of carbonyl (C=O) groups is 2. The molecular formula is C32H41NO5. The number of Topliss-reactive ketones (excluding diaryl/α,β-unsaturated/α-hetero) is 1. The maximum atomic E-state index is 12.4. The van der Waals surface area contributed by atoms with Gasteiger partial charge in [-0.15, -0.1) is 0 Å². The van der Waals surface area contributed by atoms with Gasteiger partial charge in [0, 0.05) is 36.6 Å². The van der Waals surface area contributed by atoms with E-state index >= 15 is 0 Å². The second-order valence-electron chi connectivity index (χ2n) is 12.4. The van der Waals surface area contributed by atoms with Gasteiger partial charge in [0.05, 0.1) is 12.6 Å². The normalized spacial score (nSPS) is 33.7. The summed E-state index contributed by atoms with van der Waals surface area (Å²) in [5.41, 5.74) is 3.36. The lowest BCUT2D eigenvalue weighted by atomic mass is 9.48. The molecule has 6 nitrogen and oxygen atoms in total. The summed E-state index contributed by atoms with van der Waals surface area (Å²) < 4.78 is 10.7. The molecule has 6 atom stereocenters. The summed E-state index contributed by atoms with van der Waals surface area (Å²) in [5.74, 6) is 3.03. The highest BCUT2D eigenvalue weighted by Gasteiger charge is 2.58. The Hall–Kier alpha value is -2.89. The number of hydrogen-bond acceptors (Lipinski definition) is 5. The number of ketones is 1.